The predicted molar refractivity (Wildman–Crippen MR) is 154 cm³/mol. The van der Waals surface area contributed by atoms with Crippen molar-refractivity contribution in [3.63, 3.8) is 0 Å². The molecule has 4 aromatic rings. The first-order chi connectivity index (χ1) is 16.3. The third-order valence-corrected chi connectivity index (χ3v) is 7.78. The van der Waals surface area contributed by atoms with Gasteiger partial charge in [0, 0.05) is 43.5 Å². The van der Waals surface area contributed by atoms with Crippen molar-refractivity contribution in [3.05, 3.63) is 150 Å². The normalized spacial score (nSPS) is 16.3. The van der Waals surface area contributed by atoms with Gasteiger partial charge in [0.15, 0.2) is 0 Å². The summed E-state index contributed by atoms with van der Waals surface area (Å²) in [5.74, 6) is 0.563. The smallest absolute Gasteiger partial charge is 0.0208 e. The fourth-order valence-corrected chi connectivity index (χ4v) is 6.47. The summed E-state index contributed by atoms with van der Waals surface area (Å²) in [5, 5.41) is 0. The number of benzene rings is 4. The molecule has 0 saturated heterocycles. The van der Waals surface area contributed by atoms with Crippen LogP contribution in [0.2, 0.25) is 0 Å². The third-order valence-electron chi connectivity index (χ3n) is 7.78. The third kappa shape index (κ3) is 4.41. The molecule has 6 rings (SSSR count). The van der Waals surface area contributed by atoms with Crippen LogP contribution in [0.4, 0.5) is 0 Å². The molecule has 0 aliphatic heterocycles. The van der Waals surface area contributed by atoms with Crippen LogP contribution >= 0.6 is 24.8 Å². The standard InChI is InChI=1S/C33H28.2ClH.Zr/c1-2-3-23-33(25-14-5-4-6-15-25,31-22-21-24-13-7-8-16-26(24)31)32-29-19-11-9-17-27(29)28-18-10-12-20-30(28)32;;;/h2,4-22,31-32H,1,3,23H2;2*1H;. The maximum Gasteiger partial charge on any atom is 0.0208 e. The molecule has 0 heterocycles. The van der Waals surface area contributed by atoms with Gasteiger partial charge >= 0.3 is 0 Å². The van der Waals surface area contributed by atoms with Crippen molar-refractivity contribution in [1.82, 2.24) is 0 Å². The molecule has 180 valence electrons. The molecule has 2 unspecified atom stereocenters. The molecule has 0 nitrogen and oxygen atoms in total. The van der Waals surface area contributed by atoms with E-state index in [4.69, 9.17) is 0 Å². The number of rotatable bonds is 6. The molecular weight excluding hydrogens is 558 g/mol. The summed E-state index contributed by atoms with van der Waals surface area (Å²) in [4.78, 5) is 0. The van der Waals surface area contributed by atoms with Gasteiger partial charge in [-0.15, -0.1) is 31.4 Å². The van der Waals surface area contributed by atoms with E-state index in [1.165, 1.54) is 38.9 Å². The molecule has 2 aliphatic rings. The van der Waals surface area contributed by atoms with Crippen LogP contribution in [0.1, 0.15) is 52.5 Å². The van der Waals surface area contributed by atoms with Crippen molar-refractivity contribution in [3.8, 4) is 11.1 Å². The molecule has 0 amide bonds. The van der Waals surface area contributed by atoms with Crippen LogP contribution in [-0.4, -0.2) is 0 Å². The van der Waals surface area contributed by atoms with Gasteiger partial charge in [-0.25, -0.2) is 0 Å². The fraction of sp³-hybridized carbons (Fsp3) is 0.152. The number of allylic oxidation sites excluding steroid dienone is 2. The first-order valence-corrected chi connectivity index (χ1v) is 12.0. The van der Waals surface area contributed by atoms with Crippen LogP contribution in [0.15, 0.2) is 122 Å². The Kier molecular flexibility index (Phi) is 9.40. The molecule has 0 bridgehead atoms. The Morgan fingerprint density at radius 1 is 0.667 bits per heavy atom. The zero-order valence-corrected chi connectivity index (χ0v) is 24.2. The molecule has 0 saturated carbocycles. The van der Waals surface area contributed by atoms with E-state index in [-0.39, 0.29) is 62.4 Å². The van der Waals surface area contributed by atoms with Crippen LogP contribution in [-0.2, 0) is 31.6 Å². The van der Waals surface area contributed by atoms with Gasteiger partial charge in [0.1, 0.15) is 0 Å². The average molecular weight is 589 g/mol. The van der Waals surface area contributed by atoms with E-state index in [0.717, 1.165) is 12.8 Å². The molecule has 0 aromatic heterocycles. The van der Waals surface area contributed by atoms with Crippen molar-refractivity contribution in [2.45, 2.75) is 30.1 Å². The topological polar surface area (TPSA) is 0 Å². The SMILES string of the molecule is C=CCCC(c1ccccc1)(C1C=Cc2ccccc21)C1c2ccccc2-c2ccccc21.Cl.Cl.[Zr]. The van der Waals surface area contributed by atoms with Gasteiger partial charge < -0.3 is 0 Å². The van der Waals surface area contributed by atoms with Gasteiger partial charge in [-0.05, 0) is 51.8 Å². The summed E-state index contributed by atoms with van der Waals surface area (Å²) in [7, 11) is 0. The van der Waals surface area contributed by atoms with Gasteiger partial charge in [0.2, 0.25) is 0 Å². The fourth-order valence-electron chi connectivity index (χ4n) is 6.47. The van der Waals surface area contributed by atoms with Gasteiger partial charge in [0.05, 0.1) is 0 Å². The van der Waals surface area contributed by atoms with E-state index < -0.39 is 0 Å². The monoisotopic (exact) mass is 586 g/mol. The van der Waals surface area contributed by atoms with Crippen LogP contribution in [0.3, 0.4) is 0 Å². The maximum atomic E-state index is 4.13. The Labute approximate surface area is 246 Å². The quantitative estimate of drug-likeness (QED) is 0.197. The molecule has 0 radical (unpaired) electrons. The van der Waals surface area contributed by atoms with Crippen molar-refractivity contribution in [2.24, 2.45) is 0 Å². The van der Waals surface area contributed by atoms with Gasteiger partial charge in [-0.3, -0.25) is 0 Å². The van der Waals surface area contributed by atoms with Crippen molar-refractivity contribution in [1.29, 1.82) is 0 Å². The van der Waals surface area contributed by atoms with E-state index in [2.05, 4.69) is 128 Å². The van der Waals surface area contributed by atoms with E-state index in [0.29, 0.717) is 5.92 Å². The molecule has 2 atom stereocenters. The molecule has 4 aromatic carbocycles. The minimum Gasteiger partial charge on any atom is -0.147 e. The Hall–Kier alpha value is -2.18. The van der Waals surface area contributed by atoms with E-state index in [1.54, 1.807) is 0 Å². The number of fused-ring (bicyclic) bond motifs is 4. The number of hydrogen-bond donors (Lipinski definition) is 0. The minimum absolute atomic E-state index is 0. The first kappa shape index (κ1) is 28.4. The summed E-state index contributed by atoms with van der Waals surface area (Å²) < 4.78 is 0. The molecule has 0 N–H and O–H groups in total. The predicted octanol–water partition coefficient (Wildman–Crippen LogP) is 9.35. The van der Waals surface area contributed by atoms with E-state index >= 15 is 0 Å². The minimum atomic E-state index is -0.124. The van der Waals surface area contributed by atoms with Gasteiger partial charge in [-0.2, -0.15) is 0 Å². The molecular formula is C33H30Cl2Zr. The largest absolute Gasteiger partial charge is 0.147 e. The maximum absolute atomic E-state index is 4.13. The molecule has 0 spiro atoms. The van der Waals surface area contributed by atoms with Crippen LogP contribution in [0, 0.1) is 0 Å². The number of halogens is 2. The summed E-state index contributed by atoms with van der Waals surface area (Å²) in [6.07, 6.45) is 8.90. The van der Waals surface area contributed by atoms with Crippen LogP contribution in [0.5, 0.6) is 0 Å². The second-order valence-corrected chi connectivity index (χ2v) is 9.31. The van der Waals surface area contributed by atoms with Gasteiger partial charge in [-0.1, -0.05) is 121 Å². The molecule has 2 aliphatic carbocycles. The zero-order chi connectivity index (χ0) is 22.3. The Morgan fingerprint density at radius 3 is 1.81 bits per heavy atom. The van der Waals surface area contributed by atoms with Crippen molar-refractivity contribution in [2.75, 3.05) is 0 Å². The first-order valence-electron chi connectivity index (χ1n) is 12.0. The van der Waals surface area contributed by atoms with E-state index in [1.807, 2.05) is 0 Å². The second-order valence-electron chi connectivity index (χ2n) is 9.31. The molecule has 36 heavy (non-hydrogen) atoms. The summed E-state index contributed by atoms with van der Waals surface area (Å²) in [5.41, 5.74) is 9.73. The Morgan fingerprint density at radius 2 is 1.19 bits per heavy atom. The Bertz CT molecular complexity index is 1320. The average Bonchev–Trinajstić information content (AvgIpc) is 3.46. The molecule has 3 heteroatoms. The van der Waals surface area contributed by atoms with Crippen molar-refractivity contribution >= 4 is 30.9 Å². The Balaban J connectivity index is 0.00000120. The summed E-state index contributed by atoms with van der Waals surface area (Å²) in [6, 6.07) is 38.3. The van der Waals surface area contributed by atoms with E-state index in [9.17, 15) is 0 Å². The van der Waals surface area contributed by atoms with Crippen LogP contribution in [0.25, 0.3) is 17.2 Å². The second kappa shape index (κ2) is 11.9. The van der Waals surface area contributed by atoms with Crippen molar-refractivity contribution < 1.29 is 26.2 Å². The summed E-state index contributed by atoms with van der Waals surface area (Å²) in [6.45, 7) is 4.13. The zero-order valence-electron chi connectivity index (χ0n) is 20.1. The number of hydrogen-bond acceptors (Lipinski definition) is 0. The van der Waals surface area contributed by atoms with Gasteiger partial charge in [0.25, 0.3) is 0 Å². The van der Waals surface area contributed by atoms with Crippen LogP contribution < -0.4 is 0 Å². The molecule has 0 fully saturated rings. The summed E-state index contributed by atoms with van der Waals surface area (Å²) >= 11 is 0.